The van der Waals surface area contributed by atoms with Gasteiger partial charge in [-0.05, 0) is 54.5 Å². The number of fused-ring (bicyclic) bond motifs is 1. The molecule has 2 aromatic heterocycles. The van der Waals surface area contributed by atoms with E-state index in [1.54, 1.807) is 0 Å². The fraction of sp³-hybridized carbons (Fsp3) is 0.542. The number of halogens is 1. The fourth-order valence-corrected chi connectivity index (χ4v) is 9.15. The van der Waals surface area contributed by atoms with Gasteiger partial charge in [-0.1, -0.05) is 31.4 Å². The van der Waals surface area contributed by atoms with Gasteiger partial charge in [0.1, 0.15) is 18.1 Å². The molecule has 5 atom stereocenters. The largest absolute Gasteiger partial charge is 0.388 e. The second-order valence-electron chi connectivity index (χ2n) is 10.5. The summed E-state index contributed by atoms with van der Waals surface area (Å²) in [7, 11) is -8.90. The number of hydrogen-bond acceptors (Lipinski definition) is 9. The maximum Gasteiger partial charge on any atom is 0.335 e. The Hall–Kier alpha value is -1.92. The van der Waals surface area contributed by atoms with Gasteiger partial charge in [0.25, 0.3) is 0 Å². The predicted octanol–water partition coefficient (Wildman–Crippen LogP) is 3.69. The van der Waals surface area contributed by atoms with E-state index in [0.29, 0.717) is 17.3 Å². The third-order valence-corrected chi connectivity index (χ3v) is 11.8. The normalized spacial score (nSPS) is 25.8. The summed E-state index contributed by atoms with van der Waals surface area (Å²) in [6, 6.07) is 8.15. The molecule has 218 valence electrons. The lowest BCUT2D eigenvalue weighted by molar-refractivity contribution is -0.0354. The Labute approximate surface area is 235 Å². The Bertz CT molecular complexity index is 1450. The van der Waals surface area contributed by atoms with Crippen molar-refractivity contribution in [2.75, 3.05) is 17.4 Å². The highest BCUT2D eigenvalue weighted by Crippen LogP contribution is 2.55. The minimum Gasteiger partial charge on any atom is -0.388 e. The van der Waals surface area contributed by atoms with Crippen molar-refractivity contribution in [1.82, 2.24) is 19.5 Å². The number of nitrogens with zero attached hydrogens (tertiary/aromatic N) is 4. The monoisotopic (exact) mass is 615 g/mol. The first-order valence-electron chi connectivity index (χ1n) is 13.0. The molecule has 1 aromatic carbocycles. The average molecular weight is 616 g/mol. The highest BCUT2D eigenvalue weighted by molar-refractivity contribution is 7.72. The van der Waals surface area contributed by atoms with E-state index in [1.165, 1.54) is 48.6 Å². The number of hydrogen-bond donors (Lipinski definition) is 6. The second-order valence-corrected chi connectivity index (χ2v) is 15.4. The van der Waals surface area contributed by atoms with Crippen LogP contribution in [-0.4, -0.2) is 74.8 Å². The number of aromatic nitrogens is 4. The van der Waals surface area contributed by atoms with Crippen LogP contribution in [-0.2, 0) is 13.9 Å². The number of nitrogens with one attached hydrogen (secondary N) is 1. The zero-order chi connectivity index (χ0) is 28.7. The Balaban J connectivity index is 1.33. The molecule has 0 amide bonds. The fourth-order valence-electron chi connectivity index (χ4n) is 5.46. The van der Waals surface area contributed by atoms with Crippen molar-refractivity contribution in [2.45, 2.75) is 69.0 Å². The maximum atomic E-state index is 12.2. The van der Waals surface area contributed by atoms with E-state index in [0.717, 1.165) is 5.69 Å². The molecule has 1 saturated heterocycles. The van der Waals surface area contributed by atoms with Crippen molar-refractivity contribution in [1.29, 1.82) is 0 Å². The van der Waals surface area contributed by atoms with E-state index in [4.69, 9.17) is 26.1 Å². The third-order valence-electron chi connectivity index (χ3n) is 7.42. The van der Waals surface area contributed by atoms with Gasteiger partial charge >= 0.3 is 7.60 Å². The molecule has 0 spiro atoms. The van der Waals surface area contributed by atoms with Gasteiger partial charge in [0, 0.05) is 11.8 Å². The molecule has 1 aliphatic carbocycles. The number of aliphatic hydroxyl groups excluding tert-OH is 2. The summed E-state index contributed by atoms with van der Waals surface area (Å²) in [5, 5.41) is 24.4. The van der Waals surface area contributed by atoms with Gasteiger partial charge in [0.15, 0.2) is 23.2 Å². The van der Waals surface area contributed by atoms with Crippen LogP contribution in [0.5, 0.6) is 0 Å². The smallest absolute Gasteiger partial charge is 0.335 e. The van der Waals surface area contributed by atoms with E-state index in [1.807, 2.05) is 12.1 Å². The zero-order valence-electron chi connectivity index (χ0n) is 21.5. The van der Waals surface area contributed by atoms with Crippen molar-refractivity contribution in [2.24, 2.45) is 0 Å². The van der Waals surface area contributed by atoms with Crippen LogP contribution in [0.1, 0.15) is 56.2 Å². The van der Waals surface area contributed by atoms with E-state index in [2.05, 4.69) is 32.4 Å². The number of ether oxygens (including phenoxy) is 1. The van der Waals surface area contributed by atoms with E-state index in [-0.39, 0.29) is 17.4 Å². The van der Waals surface area contributed by atoms with Crippen LogP contribution in [0.3, 0.4) is 0 Å². The topological polar surface area (TPSA) is 200 Å². The first-order chi connectivity index (χ1) is 18.9. The van der Waals surface area contributed by atoms with Gasteiger partial charge in [-0.25, -0.2) is 4.98 Å². The SMILES string of the molecule is O=P(O)(O)CP(=O)(O)CC[C@H]1O[C@@H](n2cnc3c(Nc4ccc(C5CCCCC5)cc4)nc(Cl)nc32)C(O)[C@H]1O. The van der Waals surface area contributed by atoms with Crippen molar-refractivity contribution >= 4 is 49.2 Å². The minimum atomic E-state index is -4.71. The number of imidazole rings is 1. The summed E-state index contributed by atoms with van der Waals surface area (Å²) in [6.07, 6.45) is 1.72. The summed E-state index contributed by atoms with van der Waals surface area (Å²) in [4.78, 5) is 40.9. The molecule has 5 rings (SSSR count). The van der Waals surface area contributed by atoms with Crippen LogP contribution in [0, 0.1) is 0 Å². The lowest BCUT2D eigenvalue weighted by Gasteiger charge is -2.22. The van der Waals surface area contributed by atoms with Crippen molar-refractivity contribution in [3.8, 4) is 0 Å². The Kier molecular flexibility index (Phi) is 8.69. The molecular formula is C24H32ClN5O8P2. The highest BCUT2D eigenvalue weighted by Gasteiger charge is 2.45. The van der Waals surface area contributed by atoms with Crippen LogP contribution in [0.15, 0.2) is 30.6 Å². The molecule has 0 radical (unpaired) electrons. The molecule has 3 heterocycles. The van der Waals surface area contributed by atoms with Gasteiger partial charge in [-0.15, -0.1) is 0 Å². The molecule has 2 aliphatic rings. The molecule has 0 bridgehead atoms. The first kappa shape index (κ1) is 29.6. The van der Waals surface area contributed by atoms with Crippen LogP contribution in [0.4, 0.5) is 11.5 Å². The summed E-state index contributed by atoms with van der Waals surface area (Å²) >= 11 is 6.22. The van der Waals surface area contributed by atoms with Crippen LogP contribution < -0.4 is 5.32 Å². The quantitative estimate of drug-likeness (QED) is 0.151. The molecule has 16 heteroatoms. The molecule has 2 unspecified atom stereocenters. The average Bonchev–Trinajstić information content (AvgIpc) is 3.43. The first-order valence-corrected chi connectivity index (χ1v) is 17.2. The number of benzene rings is 1. The number of rotatable bonds is 9. The summed E-state index contributed by atoms with van der Waals surface area (Å²) < 4.78 is 30.5. The molecular weight excluding hydrogens is 584 g/mol. The van der Waals surface area contributed by atoms with Gasteiger partial charge < -0.3 is 34.9 Å². The van der Waals surface area contributed by atoms with Gasteiger partial charge in [0.05, 0.1) is 12.4 Å². The van der Waals surface area contributed by atoms with Crippen LogP contribution in [0.25, 0.3) is 11.2 Å². The lowest BCUT2D eigenvalue weighted by atomic mass is 9.84. The standard InChI is InChI=1S/C24H32ClN5O8P2/c25-24-28-21(27-16-8-6-15(7-9-16)14-4-2-1-3-5-14)18-22(29-24)30(12-26-18)23-20(32)19(31)17(38-23)10-11-39(33,34)13-40(35,36)37/h6-9,12,14,17,19-20,23,31-32H,1-5,10-11,13H2,(H,33,34)(H,27,28,29)(H2,35,36,37)/t17-,19+,20?,23-/m1/s1. The van der Waals surface area contributed by atoms with Gasteiger partial charge in [0.2, 0.25) is 12.7 Å². The minimum absolute atomic E-state index is 0.0844. The Morgan fingerprint density at radius 1 is 1.02 bits per heavy atom. The van der Waals surface area contributed by atoms with Crippen LogP contribution in [0.2, 0.25) is 5.28 Å². The zero-order valence-corrected chi connectivity index (χ0v) is 24.0. The van der Waals surface area contributed by atoms with Crippen molar-refractivity contribution < 1.29 is 38.8 Å². The van der Waals surface area contributed by atoms with E-state index in [9.17, 15) is 24.2 Å². The van der Waals surface area contributed by atoms with E-state index < -0.39 is 51.6 Å². The Morgan fingerprint density at radius 3 is 2.40 bits per heavy atom. The molecule has 13 nitrogen and oxygen atoms in total. The molecule has 1 aliphatic heterocycles. The predicted molar refractivity (Wildman–Crippen MR) is 148 cm³/mol. The van der Waals surface area contributed by atoms with Gasteiger partial charge in [-0.3, -0.25) is 13.7 Å². The molecule has 3 aromatic rings. The van der Waals surface area contributed by atoms with Crippen LogP contribution >= 0.6 is 26.6 Å². The summed E-state index contributed by atoms with van der Waals surface area (Å²) in [5.74, 6) is -0.261. The maximum absolute atomic E-state index is 12.2. The summed E-state index contributed by atoms with van der Waals surface area (Å²) in [6.45, 7) is 0. The molecule has 40 heavy (non-hydrogen) atoms. The second kappa shape index (κ2) is 11.8. The third kappa shape index (κ3) is 6.75. The summed E-state index contributed by atoms with van der Waals surface area (Å²) in [5.41, 5.74) is 2.66. The molecule has 1 saturated carbocycles. The lowest BCUT2D eigenvalue weighted by Crippen LogP contribution is -2.32. The Morgan fingerprint density at radius 2 is 1.73 bits per heavy atom. The van der Waals surface area contributed by atoms with Gasteiger partial charge in [-0.2, -0.15) is 9.97 Å². The highest BCUT2D eigenvalue weighted by atomic mass is 35.5. The molecule has 6 N–H and O–H groups in total. The van der Waals surface area contributed by atoms with E-state index >= 15 is 0 Å². The molecule has 2 fully saturated rings. The van der Waals surface area contributed by atoms with Crippen molar-refractivity contribution in [3.05, 3.63) is 41.4 Å². The van der Waals surface area contributed by atoms with Crippen molar-refractivity contribution in [3.63, 3.8) is 0 Å². The number of anilines is 2. The number of aliphatic hydroxyl groups is 2.